The van der Waals surface area contributed by atoms with Crippen molar-refractivity contribution in [3.8, 4) is 0 Å². The normalized spacial score (nSPS) is 14.3. The molecule has 130 valence electrons. The van der Waals surface area contributed by atoms with E-state index in [1.54, 1.807) is 17.6 Å². The highest BCUT2D eigenvalue weighted by atomic mass is 32.1. The van der Waals surface area contributed by atoms with Crippen molar-refractivity contribution < 1.29 is 9.21 Å². The van der Waals surface area contributed by atoms with Crippen molar-refractivity contribution in [2.45, 2.75) is 46.1 Å². The summed E-state index contributed by atoms with van der Waals surface area (Å²) in [5, 5.41) is 3.20. The second-order valence-electron chi connectivity index (χ2n) is 7.23. The van der Waals surface area contributed by atoms with Crippen molar-refractivity contribution in [1.29, 1.82) is 0 Å². The van der Waals surface area contributed by atoms with E-state index in [0.29, 0.717) is 12.3 Å². The zero-order valence-electron chi connectivity index (χ0n) is 15.0. The van der Waals surface area contributed by atoms with Gasteiger partial charge >= 0.3 is 0 Å². The molecular formula is C21H23NO2S. The molecule has 1 amide bonds. The van der Waals surface area contributed by atoms with Crippen LogP contribution in [0.2, 0.25) is 0 Å². The Morgan fingerprint density at radius 3 is 3.00 bits per heavy atom. The molecule has 0 unspecified atom stereocenters. The molecule has 1 aliphatic heterocycles. The summed E-state index contributed by atoms with van der Waals surface area (Å²) in [5.41, 5.74) is 5.75. The van der Waals surface area contributed by atoms with Gasteiger partial charge in [-0.25, -0.2) is 0 Å². The second-order valence-corrected chi connectivity index (χ2v) is 8.23. The minimum absolute atomic E-state index is 0.186. The van der Waals surface area contributed by atoms with Gasteiger partial charge in [-0.15, -0.1) is 11.3 Å². The van der Waals surface area contributed by atoms with Crippen LogP contribution in [-0.4, -0.2) is 17.4 Å². The van der Waals surface area contributed by atoms with Crippen LogP contribution >= 0.6 is 11.3 Å². The lowest BCUT2D eigenvalue weighted by Gasteiger charge is -2.27. The third-order valence-electron chi connectivity index (χ3n) is 5.17. The molecule has 1 aliphatic rings. The van der Waals surface area contributed by atoms with Crippen LogP contribution in [0.3, 0.4) is 0 Å². The fraction of sp³-hybridized carbons (Fsp3) is 0.381. The Balaban J connectivity index is 1.58. The zero-order valence-corrected chi connectivity index (χ0v) is 15.8. The van der Waals surface area contributed by atoms with Crippen LogP contribution in [0, 0.1) is 6.92 Å². The number of benzene rings is 1. The average Bonchev–Trinajstić information content (AvgIpc) is 3.20. The third-order valence-corrected chi connectivity index (χ3v) is 6.19. The summed E-state index contributed by atoms with van der Waals surface area (Å²) < 4.78 is 5.73. The van der Waals surface area contributed by atoms with Gasteiger partial charge in [0, 0.05) is 28.9 Å². The highest BCUT2D eigenvalue weighted by Gasteiger charge is 2.23. The first-order valence-corrected chi connectivity index (χ1v) is 9.74. The maximum atomic E-state index is 12.8. The number of aryl methyl sites for hydroxylation is 1. The topological polar surface area (TPSA) is 33.5 Å². The smallest absolute Gasteiger partial charge is 0.227 e. The molecule has 0 saturated heterocycles. The maximum absolute atomic E-state index is 12.8. The predicted molar refractivity (Wildman–Crippen MR) is 102 cm³/mol. The van der Waals surface area contributed by atoms with Crippen LogP contribution in [0.5, 0.6) is 0 Å². The minimum atomic E-state index is 0.186. The number of amides is 1. The van der Waals surface area contributed by atoms with Gasteiger partial charge in [0.05, 0.1) is 12.7 Å². The average molecular weight is 353 g/mol. The maximum Gasteiger partial charge on any atom is 0.227 e. The van der Waals surface area contributed by atoms with Gasteiger partial charge < -0.3 is 9.32 Å². The van der Waals surface area contributed by atoms with Crippen molar-refractivity contribution in [2.75, 3.05) is 6.54 Å². The van der Waals surface area contributed by atoms with E-state index in [9.17, 15) is 4.79 Å². The molecule has 0 aliphatic carbocycles. The zero-order chi connectivity index (χ0) is 17.6. The van der Waals surface area contributed by atoms with E-state index in [4.69, 9.17) is 4.42 Å². The Kier molecular flexibility index (Phi) is 4.16. The van der Waals surface area contributed by atoms with Crippen molar-refractivity contribution in [3.05, 3.63) is 57.0 Å². The van der Waals surface area contributed by atoms with Gasteiger partial charge in [0.1, 0.15) is 5.58 Å². The molecule has 4 rings (SSSR count). The molecule has 3 aromatic rings. The number of rotatable bonds is 3. The quantitative estimate of drug-likeness (QED) is 0.660. The first-order chi connectivity index (χ1) is 12.0. The first-order valence-electron chi connectivity index (χ1n) is 8.86. The Morgan fingerprint density at radius 2 is 2.20 bits per heavy atom. The molecule has 0 saturated carbocycles. The number of nitrogens with zero attached hydrogens (tertiary/aromatic N) is 1. The number of hydrogen-bond acceptors (Lipinski definition) is 3. The lowest BCUT2D eigenvalue weighted by atomic mass is 9.95. The number of fused-ring (bicyclic) bond motifs is 2. The van der Waals surface area contributed by atoms with Gasteiger partial charge in [-0.1, -0.05) is 13.8 Å². The van der Waals surface area contributed by atoms with Gasteiger partial charge in [-0.3, -0.25) is 4.79 Å². The summed E-state index contributed by atoms with van der Waals surface area (Å²) in [6.07, 6.45) is 3.14. The van der Waals surface area contributed by atoms with Crippen LogP contribution in [0.4, 0.5) is 0 Å². The molecule has 25 heavy (non-hydrogen) atoms. The van der Waals surface area contributed by atoms with E-state index in [-0.39, 0.29) is 5.91 Å². The van der Waals surface area contributed by atoms with Crippen LogP contribution < -0.4 is 0 Å². The molecule has 0 radical (unpaired) electrons. The van der Waals surface area contributed by atoms with Gasteiger partial charge in [0.15, 0.2) is 0 Å². The molecule has 0 atom stereocenters. The van der Waals surface area contributed by atoms with Gasteiger partial charge in [0.2, 0.25) is 5.91 Å². The number of hydrogen-bond donors (Lipinski definition) is 0. The molecule has 0 bridgehead atoms. The summed E-state index contributed by atoms with van der Waals surface area (Å²) in [6, 6.07) is 6.44. The largest absolute Gasteiger partial charge is 0.464 e. The highest BCUT2D eigenvalue weighted by Crippen LogP contribution is 2.30. The molecule has 0 fully saturated rings. The molecule has 3 nitrogen and oxygen atoms in total. The molecule has 0 spiro atoms. The molecular weight excluding hydrogens is 330 g/mol. The summed E-state index contributed by atoms with van der Waals surface area (Å²) in [6.45, 7) is 8.08. The van der Waals surface area contributed by atoms with Crippen molar-refractivity contribution in [3.63, 3.8) is 0 Å². The van der Waals surface area contributed by atoms with Crippen molar-refractivity contribution >= 4 is 28.2 Å². The number of carbonyl (C=O) groups is 1. The van der Waals surface area contributed by atoms with Gasteiger partial charge in [0.25, 0.3) is 0 Å². The van der Waals surface area contributed by atoms with Gasteiger partial charge in [-0.05, 0) is 59.5 Å². The minimum Gasteiger partial charge on any atom is -0.464 e. The van der Waals surface area contributed by atoms with Gasteiger partial charge in [-0.2, -0.15) is 0 Å². The molecule has 3 heterocycles. The number of carbonyl (C=O) groups excluding carboxylic acids is 1. The molecule has 4 heteroatoms. The fourth-order valence-corrected chi connectivity index (χ4v) is 4.63. The Labute approximate surface area is 152 Å². The predicted octanol–water partition coefficient (Wildman–Crippen LogP) is 5.05. The van der Waals surface area contributed by atoms with Crippen LogP contribution in [0.25, 0.3) is 11.0 Å². The summed E-state index contributed by atoms with van der Waals surface area (Å²) in [4.78, 5) is 16.2. The Morgan fingerprint density at radius 1 is 1.36 bits per heavy atom. The van der Waals surface area contributed by atoms with Crippen LogP contribution in [-0.2, 0) is 24.2 Å². The summed E-state index contributed by atoms with van der Waals surface area (Å²) in [7, 11) is 0. The Bertz CT molecular complexity index is 935. The number of thiophene rings is 1. The molecule has 1 aromatic carbocycles. The van der Waals surface area contributed by atoms with E-state index in [0.717, 1.165) is 36.0 Å². The third kappa shape index (κ3) is 2.99. The summed E-state index contributed by atoms with van der Waals surface area (Å²) >= 11 is 1.80. The standard InChI is InChI=1S/C21H23NO2S/c1-13(2)17-10-18-16(12-24-19(18)8-14(17)3)9-21(23)22-6-4-20-15(11-22)5-7-25-20/h5,7-8,10,12-13H,4,6,9,11H2,1-3H3. The van der Waals surface area contributed by atoms with E-state index in [1.807, 2.05) is 4.90 Å². The van der Waals surface area contributed by atoms with E-state index < -0.39 is 0 Å². The number of furan rings is 1. The summed E-state index contributed by atoms with van der Waals surface area (Å²) in [5.74, 6) is 0.646. The second kappa shape index (κ2) is 6.34. The molecule has 2 aromatic heterocycles. The SMILES string of the molecule is Cc1cc2occ(CC(=O)N3CCc4sccc4C3)c2cc1C(C)C. The monoisotopic (exact) mass is 353 g/mol. The molecule has 0 N–H and O–H groups in total. The van der Waals surface area contributed by atoms with E-state index in [1.165, 1.54) is 21.6 Å². The van der Waals surface area contributed by atoms with E-state index >= 15 is 0 Å². The van der Waals surface area contributed by atoms with Crippen molar-refractivity contribution in [2.24, 2.45) is 0 Å². The van der Waals surface area contributed by atoms with E-state index in [2.05, 4.69) is 44.4 Å². The highest BCUT2D eigenvalue weighted by molar-refractivity contribution is 7.10. The lowest BCUT2D eigenvalue weighted by Crippen LogP contribution is -2.36. The fourth-order valence-electron chi connectivity index (χ4n) is 3.74. The Hall–Kier alpha value is -2.07. The van der Waals surface area contributed by atoms with Crippen LogP contribution in [0.1, 0.15) is 46.9 Å². The van der Waals surface area contributed by atoms with Crippen molar-refractivity contribution in [1.82, 2.24) is 4.90 Å². The first kappa shape index (κ1) is 16.4. The lowest BCUT2D eigenvalue weighted by molar-refractivity contribution is -0.131. The van der Waals surface area contributed by atoms with Crippen LogP contribution in [0.15, 0.2) is 34.3 Å².